The first-order valence-corrected chi connectivity index (χ1v) is 6.13. The van der Waals surface area contributed by atoms with Crippen LogP contribution in [0.5, 0.6) is 0 Å². The third-order valence-electron chi connectivity index (χ3n) is 3.64. The van der Waals surface area contributed by atoms with Gasteiger partial charge in [0, 0.05) is 12.1 Å². The van der Waals surface area contributed by atoms with E-state index < -0.39 is 0 Å². The molecule has 0 aromatic carbocycles. The van der Waals surface area contributed by atoms with Gasteiger partial charge in [-0.3, -0.25) is 0 Å². The Labute approximate surface area is 88.8 Å². The first-order valence-electron chi connectivity index (χ1n) is 6.13. The van der Waals surface area contributed by atoms with Gasteiger partial charge in [0.1, 0.15) is 0 Å². The van der Waals surface area contributed by atoms with E-state index >= 15 is 0 Å². The fraction of sp³-hybridized carbons (Fsp3) is 1.00. The van der Waals surface area contributed by atoms with Gasteiger partial charge in [-0.15, -0.1) is 0 Å². The molecular weight excluding hydrogens is 172 g/mol. The lowest BCUT2D eigenvalue weighted by molar-refractivity contribution is 0.144. The van der Waals surface area contributed by atoms with Crippen LogP contribution in [-0.2, 0) is 0 Å². The summed E-state index contributed by atoms with van der Waals surface area (Å²) < 4.78 is 0. The summed E-state index contributed by atoms with van der Waals surface area (Å²) in [5, 5.41) is 0. The van der Waals surface area contributed by atoms with Gasteiger partial charge in [-0.05, 0) is 45.2 Å². The highest BCUT2D eigenvalue weighted by atomic mass is 15.2. The number of rotatable bonds is 4. The zero-order chi connectivity index (χ0) is 10.6. The van der Waals surface area contributed by atoms with E-state index in [-0.39, 0.29) is 0 Å². The van der Waals surface area contributed by atoms with Crippen LogP contribution in [0.25, 0.3) is 0 Å². The van der Waals surface area contributed by atoms with Gasteiger partial charge in [-0.1, -0.05) is 20.3 Å². The van der Waals surface area contributed by atoms with Gasteiger partial charge in [-0.2, -0.15) is 0 Å². The van der Waals surface area contributed by atoms with Crippen LogP contribution < -0.4 is 5.73 Å². The largest absolute Gasteiger partial charge is 0.328 e. The minimum absolute atomic E-state index is 0.460. The van der Waals surface area contributed by atoms with Crippen LogP contribution in [-0.4, -0.2) is 30.1 Å². The van der Waals surface area contributed by atoms with E-state index in [2.05, 4.69) is 25.7 Å². The Kier molecular flexibility index (Phi) is 4.90. The molecule has 0 saturated carbocycles. The van der Waals surface area contributed by atoms with E-state index in [9.17, 15) is 0 Å². The zero-order valence-corrected chi connectivity index (χ0v) is 10.00. The van der Waals surface area contributed by atoms with Crippen LogP contribution >= 0.6 is 0 Å². The van der Waals surface area contributed by atoms with E-state index in [0.29, 0.717) is 6.04 Å². The molecule has 2 nitrogen and oxygen atoms in total. The third-order valence-corrected chi connectivity index (χ3v) is 3.64. The van der Waals surface area contributed by atoms with Crippen molar-refractivity contribution < 1.29 is 0 Å². The number of piperidine rings is 1. The van der Waals surface area contributed by atoms with Gasteiger partial charge in [0.2, 0.25) is 0 Å². The van der Waals surface area contributed by atoms with Crippen LogP contribution in [0.2, 0.25) is 0 Å². The first-order chi connectivity index (χ1) is 6.63. The van der Waals surface area contributed by atoms with Crippen molar-refractivity contribution in [1.29, 1.82) is 0 Å². The average Bonchev–Trinajstić information content (AvgIpc) is 2.18. The summed E-state index contributed by atoms with van der Waals surface area (Å²) in [4.78, 5) is 2.61. The molecule has 1 heterocycles. The van der Waals surface area contributed by atoms with Gasteiger partial charge in [-0.25, -0.2) is 0 Å². The topological polar surface area (TPSA) is 29.3 Å². The summed E-state index contributed by atoms with van der Waals surface area (Å²) in [6.45, 7) is 9.41. The van der Waals surface area contributed by atoms with Crippen molar-refractivity contribution in [3.8, 4) is 0 Å². The van der Waals surface area contributed by atoms with Gasteiger partial charge in [0.25, 0.3) is 0 Å². The van der Waals surface area contributed by atoms with E-state index in [4.69, 9.17) is 5.73 Å². The monoisotopic (exact) mass is 198 g/mol. The Bertz CT molecular complexity index is 150. The summed E-state index contributed by atoms with van der Waals surface area (Å²) in [6, 6.07) is 1.21. The fourth-order valence-corrected chi connectivity index (χ4v) is 2.26. The quantitative estimate of drug-likeness (QED) is 0.750. The average molecular weight is 198 g/mol. The second kappa shape index (κ2) is 5.72. The summed E-state index contributed by atoms with van der Waals surface area (Å²) in [5.74, 6) is 0.862. The van der Waals surface area contributed by atoms with Crippen LogP contribution in [0.15, 0.2) is 0 Å². The molecule has 1 rings (SSSR count). The number of nitrogens with two attached hydrogens (primary N) is 1. The van der Waals surface area contributed by atoms with Gasteiger partial charge < -0.3 is 10.6 Å². The fourth-order valence-electron chi connectivity index (χ4n) is 2.26. The van der Waals surface area contributed by atoms with Crippen molar-refractivity contribution in [3.63, 3.8) is 0 Å². The number of hydrogen-bond acceptors (Lipinski definition) is 2. The van der Waals surface area contributed by atoms with Crippen molar-refractivity contribution in [3.05, 3.63) is 0 Å². The highest BCUT2D eigenvalue weighted by molar-refractivity contribution is 4.78. The number of hydrogen-bond donors (Lipinski definition) is 1. The Hall–Kier alpha value is -0.0800. The van der Waals surface area contributed by atoms with E-state index in [1.165, 1.54) is 38.8 Å². The standard InChI is InChI=1S/C12H26N2/c1-4-10(2)9-11(3)14-7-5-12(13)6-8-14/h10-12H,4-9,13H2,1-3H3. The summed E-state index contributed by atoms with van der Waals surface area (Å²) in [6.07, 6.45) is 5.01. The van der Waals surface area contributed by atoms with Crippen molar-refractivity contribution >= 4 is 0 Å². The Balaban J connectivity index is 2.26. The van der Waals surface area contributed by atoms with Crippen LogP contribution in [0, 0.1) is 5.92 Å². The normalized spacial score (nSPS) is 24.9. The maximum absolute atomic E-state index is 5.90. The van der Waals surface area contributed by atoms with Crippen LogP contribution in [0.3, 0.4) is 0 Å². The van der Waals surface area contributed by atoms with Gasteiger partial charge >= 0.3 is 0 Å². The maximum atomic E-state index is 5.90. The second-order valence-electron chi connectivity index (χ2n) is 4.97. The molecule has 0 bridgehead atoms. The molecule has 1 aliphatic heterocycles. The SMILES string of the molecule is CCC(C)CC(C)N1CCC(N)CC1. The predicted octanol–water partition coefficient (Wildman–Crippen LogP) is 2.23. The molecule has 2 atom stereocenters. The lowest BCUT2D eigenvalue weighted by Crippen LogP contribution is -2.44. The molecule has 1 aliphatic rings. The van der Waals surface area contributed by atoms with Crippen molar-refractivity contribution in [1.82, 2.24) is 4.90 Å². The molecule has 0 aromatic heterocycles. The Morgan fingerprint density at radius 3 is 2.36 bits per heavy atom. The zero-order valence-electron chi connectivity index (χ0n) is 10.00. The molecule has 2 N–H and O–H groups in total. The molecule has 0 spiro atoms. The van der Waals surface area contributed by atoms with Gasteiger partial charge in [0.05, 0.1) is 0 Å². The highest BCUT2D eigenvalue weighted by Gasteiger charge is 2.21. The molecule has 1 saturated heterocycles. The molecule has 84 valence electrons. The van der Waals surface area contributed by atoms with E-state index in [1.807, 2.05) is 0 Å². The molecule has 0 radical (unpaired) electrons. The van der Waals surface area contributed by atoms with Crippen molar-refractivity contribution in [2.75, 3.05) is 13.1 Å². The summed E-state index contributed by atoms with van der Waals surface area (Å²) >= 11 is 0. The van der Waals surface area contributed by atoms with Crippen LogP contribution in [0.4, 0.5) is 0 Å². The molecule has 14 heavy (non-hydrogen) atoms. The molecular formula is C12H26N2. The molecule has 2 heteroatoms. The van der Waals surface area contributed by atoms with E-state index in [0.717, 1.165) is 12.0 Å². The number of likely N-dealkylation sites (tertiary alicyclic amines) is 1. The second-order valence-corrected chi connectivity index (χ2v) is 4.97. The Morgan fingerprint density at radius 2 is 1.86 bits per heavy atom. The Morgan fingerprint density at radius 1 is 1.29 bits per heavy atom. The minimum atomic E-state index is 0.460. The molecule has 2 unspecified atom stereocenters. The summed E-state index contributed by atoms with van der Waals surface area (Å²) in [5.41, 5.74) is 5.90. The molecule has 0 aromatic rings. The maximum Gasteiger partial charge on any atom is 0.00694 e. The highest BCUT2D eigenvalue weighted by Crippen LogP contribution is 2.18. The molecule has 0 aliphatic carbocycles. The van der Waals surface area contributed by atoms with E-state index in [1.54, 1.807) is 0 Å². The smallest absolute Gasteiger partial charge is 0.00694 e. The van der Waals surface area contributed by atoms with Crippen LogP contribution in [0.1, 0.15) is 46.5 Å². The lowest BCUT2D eigenvalue weighted by atomic mass is 9.97. The van der Waals surface area contributed by atoms with Crippen molar-refractivity contribution in [2.45, 2.75) is 58.5 Å². The summed E-state index contributed by atoms with van der Waals surface area (Å²) in [7, 11) is 0. The van der Waals surface area contributed by atoms with Gasteiger partial charge in [0.15, 0.2) is 0 Å². The third kappa shape index (κ3) is 3.58. The first kappa shape index (κ1) is 12.0. The molecule has 0 amide bonds. The molecule has 1 fully saturated rings. The predicted molar refractivity (Wildman–Crippen MR) is 62.3 cm³/mol. The van der Waals surface area contributed by atoms with Crippen molar-refractivity contribution in [2.24, 2.45) is 11.7 Å². The number of nitrogens with zero attached hydrogens (tertiary/aromatic N) is 1. The minimum Gasteiger partial charge on any atom is -0.328 e. The lowest BCUT2D eigenvalue weighted by Gasteiger charge is -2.35.